The number of hydrogen-bond acceptors (Lipinski definition) is 6. The van der Waals surface area contributed by atoms with Crippen LogP contribution in [0.15, 0.2) is 114 Å². The minimum atomic E-state index is -4.22. The minimum Gasteiger partial charge on any atom is -0.486 e. The predicted molar refractivity (Wildman–Crippen MR) is 177 cm³/mol. The van der Waals surface area contributed by atoms with Crippen LogP contribution in [0.25, 0.3) is 0 Å². The van der Waals surface area contributed by atoms with E-state index in [1.54, 1.807) is 36.4 Å². The second kappa shape index (κ2) is 15.0. The van der Waals surface area contributed by atoms with Crippen LogP contribution in [0.4, 0.5) is 5.69 Å². The van der Waals surface area contributed by atoms with Gasteiger partial charge in [-0.2, -0.15) is 0 Å². The van der Waals surface area contributed by atoms with Crippen LogP contribution in [-0.2, 0) is 32.6 Å². The Balaban J connectivity index is 1.57. The van der Waals surface area contributed by atoms with Crippen molar-refractivity contribution >= 4 is 27.5 Å². The molecule has 2 amide bonds. The second-order valence-electron chi connectivity index (χ2n) is 11.2. The van der Waals surface area contributed by atoms with Crippen LogP contribution in [0.1, 0.15) is 31.4 Å². The van der Waals surface area contributed by atoms with E-state index in [0.29, 0.717) is 31.1 Å². The number of ether oxygens (including phenoxy) is 2. The number of carbonyl (C=O) groups is 2. The molecule has 1 heterocycles. The fourth-order valence-corrected chi connectivity index (χ4v) is 6.64. The molecule has 4 aromatic carbocycles. The number of carbonyl (C=O) groups excluding carboxylic acids is 2. The summed E-state index contributed by atoms with van der Waals surface area (Å²) in [6.07, 6.45) is 0.959. The molecule has 5 rings (SSSR count). The molecule has 0 saturated heterocycles. The molecule has 46 heavy (non-hydrogen) atoms. The standard InChI is InChI=1S/C36H39N3O6S/c1-3-27(2)37-36(41)32(23-28-13-7-4-8-14-28)38(25-29-15-9-5-10-16-29)35(40)26-39(46(42,43)31-17-11-6-12-18-31)30-19-20-33-34(24-30)45-22-21-44-33/h4-20,24,27,32H,3,21-23,25-26H2,1-2H3,(H,37,41). The highest BCUT2D eigenvalue weighted by Gasteiger charge is 2.35. The average Bonchev–Trinajstić information content (AvgIpc) is 3.09. The predicted octanol–water partition coefficient (Wildman–Crippen LogP) is 5.21. The van der Waals surface area contributed by atoms with Crippen LogP contribution >= 0.6 is 0 Å². The maximum Gasteiger partial charge on any atom is 0.264 e. The SMILES string of the molecule is CCC(C)NC(=O)C(Cc1ccccc1)N(Cc1ccccc1)C(=O)CN(c1ccc2c(c1)OCCO2)S(=O)(=O)c1ccccc1. The molecule has 0 spiro atoms. The van der Waals surface area contributed by atoms with E-state index >= 15 is 0 Å². The Morgan fingerprint density at radius 2 is 1.39 bits per heavy atom. The molecule has 0 fully saturated rings. The first-order chi connectivity index (χ1) is 22.3. The summed E-state index contributed by atoms with van der Waals surface area (Å²) in [6, 6.07) is 30.6. The molecule has 240 valence electrons. The van der Waals surface area contributed by atoms with Gasteiger partial charge in [-0.25, -0.2) is 8.42 Å². The van der Waals surface area contributed by atoms with Crippen LogP contribution in [0.2, 0.25) is 0 Å². The van der Waals surface area contributed by atoms with Crippen LogP contribution in [0, 0.1) is 0 Å². The maximum absolute atomic E-state index is 14.6. The van der Waals surface area contributed by atoms with Gasteiger partial charge < -0.3 is 19.7 Å². The van der Waals surface area contributed by atoms with E-state index in [1.165, 1.54) is 17.0 Å². The number of amides is 2. The van der Waals surface area contributed by atoms with Gasteiger partial charge in [0.15, 0.2) is 11.5 Å². The van der Waals surface area contributed by atoms with Crippen molar-refractivity contribution < 1.29 is 27.5 Å². The van der Waals surface area contributed by atoms with Gasteiger partial charge in [0.05, 0.1) is 10.6 Å². The molecule has 1 aliphatic rings. The number of sulfonamides is 1. The Hall–Kier alpha value is -4.83. The molecule has 0 radical (unpaired) electrons. The van der Waals surface area contributed by atoms with E-state index in [1.807, 2.05) is 74.5 Å². The summed E-state index contributed by atoms with van der Waals surface area (Å²) in [7, 11) is -4.22. The summed E-state index contributed by atoms with van der Waals surface area (Å²) in [5.41, 5.74) is 1.92. The van der Waals surface area contributed by atoms with Crippen molar-refractivity contribution in [2.75, 3.05) is 24.1 Å². The van der Waals surface area contributed by atoms with Crippen molar-refractivity contribution in [3.05, 3.63) is 120 Å². The van der Waals surface area contributed by atoms with Gasteiger partial charge >= 0.3 is 0 Å². The summed E-state index contributed by atoms with van der Waals surface area (Å²) in [5, 5.41) is 3.05. The number of hydrogen-bond donors (Lipinski definition) is 1. The van der Waals surface area contributed by atoms with Gasteiger partial charge in [-0.1, -0.05) is 85.8 Å². The minimum absolute atomic E-state index is 0.0302. The largest absolute Gasteiger partial charge is 0.486 e. The topological polar surface area (TPSA) is 105 Å². The van der Waals surface area contributed by atoms with Crippen molar-refractivity contribution in [3.63, 3.8) is 0 Å². The first kappa shape index (κ1) is 32.6. The van der Waals surface area contributed by atoms with Gasteiger partial charge in [0.25, 0.3) is 10.0 Å². The molecule has 0 aromatic heterocycles. The zero-order chi connectivity index (χ0) is 32.5. The molecular formula is C36H39N3O6S. The lowest BCUT2D eigenvalue weighted by Crippen LogP contribution is -2.54. The molecule has 9 nitrogen and oxygen atoms in total. The van der Waals surface area contributed by atoms with Crippen LogP contribution in [0.3, 0.4) is 0 Å². The zero-order valence-corrected chi connectivity index (χ0v) is 26.9. The molecule has 0 bridgehead atoms. The summed E-state index contributed by atoms with van der Waals surface area (Å²) >= 11 is 0. The third kappa shape index (κ3) is 7.87. The fourth-order valence-electron chi connectivity index (χ4n) is 5.21. The number of anilines is 1. The van der Waals surface area contributed by atoms with E-state index < -0.39 is 28.5 Å². The van der Waals surface area contributed by atoms with Gasteiger partial charge in [-0.15, -0.1) is 0 Å². The van der Waals surface area contributed by atoms with E-state index in [4.69, 9.17) is 9.47 Å². The Bertz CT molecular complexity index is 1720. The Labute approximate surface area is 270 Å². The normalized spacial score (nSPS) is 13.7. The highest BCUT2D eigenvalue weighted by Crippen LogP contribution is 2.36. The fraction of sp³-hybridized carbons (Fsp3) is 0.278. The number of rotatable bonds is 13. The summed E-state index contributed by atoms with van der Waals surface area (Å²) in [5.74, 6) is 0.0481. The van der Waals surface area contributed by atoms with E-state index in [-0.39, 0.29) is 35.5 Å². The van der Waals surface area contributed by atoms with E-state index in [9.17, 15) is 18.0 Å². The monoisotopic (exact) mass is 641 g/mol. The molecule has 0 aliphatic carbocycles. The lowest BCUT2D eigenvalue weighted by atomic mass is 10.0. The number of benzene rings is 4. The smallest absolute Gasteiger partial charge is 0.264 e. The quantitative estimate of drug-likeness (QED) is 0.215. The molecule has 1 N–H and O–H groups in total. The first-order valence-electron chi connectivity index (χ1n) is 15.4. The highest BCUT2D eigenvalue weighted by atomic mass is 32.2. The molecular weight excluding hydrogens is 602 g/mol. The third-order valence-corrected chi connectivity index (χ3v) is 9.68. The van der Waals surface area contributed by atoms with Gasteiger partial charge in [-0.05, 0) is 48.7 Å². The Morgan fingerprint density at radius 1 is 0.804 bits per heavy atom. The molecule has 1 aliphatic heterocycles. The Morgan fingerprint density at radius 3 is 2.02 bits per heavy atom. The van der Waals surface area contributed by atoms with Crippen molar-refractivity contribution in [1.29, 1.82) is 0 Å². The van der Waals surface area contributed by atoms with Gasteiger partial charge in [0.1, 0.15) is 25.8 Å². The van der Waals surface area contributed by atoms with Crippen LogP contribution < -0.4 is 19.1 Å². The second-order valence-corrected chi connectivity index (χ2v) is 13.0. The summed E-state index contributed by atoms with van der Waals surface area (Å²) in [6.45, 7) is 4.14. The molecule has 10 heteroatoms. The van der Waals surface area contributed by atoms with E-state index in [2.05, 4.69) is 5.32 Å². The van der Waals surface area contributed by atoms with Gasteiger partial charge in [-0.3, -0.25) is 13.9 Å². The lowest BCUT2D eigenvalue weighted by Gasteiger charge is -2.34. The van der Waals surface area contributed by atoms with Gasteiger partial charge in [0.2, 0.25) is 11.8 Å². The molecule has 0 saturated carbocycles. The third-order valence-electron chi connectivity index (χ3n) is 7.89. The van der Waals surface area contributed by atoms with Crippen molar-refractivity contribution in [2.24, 2.45) is 0 Å². The highest BCUT2D eigenvalue weighted by molar-refractivity contribution is 7.92. The number of nitrogens with zero attached hydrogens (tertiary/aromatic N) is 2. The first-order valence-corrected chi connectivity index (χ1v) is 16.9. The molecule has 4 aromatic rings. The summed E-state index contributed by atoms with van der Waals surface area (Å²) in [4.78, 5) is 30.0. The summed E-state index contributed by atoms with van der Waals surface area (Å²) < 4.78 is 40.9. The van der Waals surface area contributed by atoms with Gasteiger partial charge in [0, 0.05) is 25.1 Å². The zero-order valence-electron chi connectivity index (χ0n) is 26.0. The van der Waals surface area contributed by atoms with E-state index in [0.717, 1.165) is 15.4 Å². The van der Waals surface area contributed by atoms with Crippen molar-refractivity contribution in [2.45, 2.75) is 50.2 Å². The average molecular weight is 642 g/mol. The van der Waals surface area contributed by atoms with Crippen LogP contribution in [0.5, 0.6) is 11.5 Å². The number of nitrogens with one attached hydrogen (secondary N) is 1. The maximum atomic E-state index is 14.6. The van der Waals surface area contributed by atoms with Crippen LogP contribution in [-0.4, -0.2) is 57.0 Å². The molecule has 2 unspecified atom stereocenters. The number of fused-ring (bicyclic) bond motifs is 1. The van der Waals surface area contributed by atoms with Crippen molar-refractivity contribution in [3.8, 4) is 11.5 Å². The van der Waals surface area contributed by atoms with Crippen molar-refractivity contribution in [1.82, 2.24) is 10.2 Å². The lowest BCUT2D eigenvalue weighted by molar-refractivity contribution is -0.140. The molecule has 2 atom stereocenters. The Kier molecular flexibility index (Phi) is 10.6.